The first kappa shape index (κ1) is 12.2. The molecule has 0 spiro atoms. The molecule has 1 atom stereocenters. The van der Waals surface area contributed by atoms with Crippen molar-refractivity contribution in [3.05, 3.63) is 17.5 Å². The smallest absolute Gasteiger partial charge is 0.258 e. The van der Waals surface area contributed by atoms with Crippen molar-refractivity contribution in [2.24, 2.45) is 7.05 Å². The van der Waals surface area contributed by atoms with Crippen LogP contribution in [0.25, 0.3) is 0 Å². The Kier molecular flexibility index (Phi) is 2.78. The third kappa shape index (κ3) is 2.33. The third-order valence-electron chi connectivity index (χ3n) is 3.45. The van der Waals surface area contributed by atoms with Crippen molar-refractivity contribution >= 4 is 11.8 Å². The van der Waals surface area contributed by atoms with Gasteiger partial charge >= 0.3 is 0 Å². The van der Waals surface area contributed by atoms with Crippen LogP contribution in [0.15, 0.2) is 6.20 Å². The number of carbonyl (C=O) groups is 2. The van der Waals surface area contributed by atoms with Crippen LogP contribution in [0.5, 0.6) is 0 Å². The summed E-state index contributed by atoms with van der Waals surface area (Å²) in [6.07, 6.45) is 3.90. The van der Waals surface area contributed by atoms with E-state index in [1.807, 2.05) is 0 Å². The molecule has 7 nitrogen and oxygen atoms in total. The van der Waals surface area contributed by atoms with Crippen molar-refractivity contribution in [2.75, 3.05) is 13.6 Å². The van der Waals surface area contributed by atoms with Gasteiger partial charge in [-0.3, -0.25) is 19.7 Å². The summed E-state index contributed by atoms with van der Waals surface area (Å²) in [7, 11) is 3.57. The lowest BCUT2D eigenvalue weighted by molar-refractivity contribution is -0.122. The van der Waals surface area contributed by atoms with Crippen molar-refractivity contribution in [1.82, 2.24) is 25.5 Å². The summed E-state index contributed by atoms with van der Waals surface area (Å²) in [5.74, 6) is 0.0141. The predicted molar refractivity (Wildman–Crippen MR) is 67.2 cm³/mol. The number of likely N-dealkylation sites (N-methyl/N-ethyl adjacent to an activating group) is 1. The molecule has 0 aromatic carbocycles. The molecular formula is C12H17N5O2. The van der Waals surface area contributed by atoms with Crippen molar-refractivity contribution in [3.8, 4) is 0 Å². The third-order valence-corrected chi connectivity index (χ3v) is 3.45. The number of rotatable bonds is 3. The fourth-order valence-corrected chi connectivity index (χ4v) is 2.35. The van der Waals surface area contributed by atoms with Crippen LogP contribution in [-0.4, -0.2) is 46.2 Å². The second kappa shape index (κ2) is 4.34. The van der Waals surface area contributed by atoms with Crippen LogP contribution in [-0.2, 0) is 11.8 Å². The highest BCUT2D eigenvalue weighted by Crippen LogP contribution is 2.40. The van der Waals surface area contributed by atoms with E-state index in [2.05, 4.69) is 15.8 Å². The molecule has 2 N–H and O–H groups in total. The second-order valence-corrected chi connectivity index (χ2v) is 5.26. The summed E-state index contributed by atoms with van der Waals surface area (Å²) >= 11 is 0. The molecule has 2 heterocycles. The number of amides is 2. The zero-order valence-corrected chi connectivity index (χ0v) is 11.0. The van der Waals surface area contributed by atoms with E-state index in [-0.39, 0.29) is 11.8 Å². The number of hydrogen-bond acceptors (Lipinski definition) is 4. The first-order chi connectivity index (χ1) is 9.04. The summed E-state index contributed by atoms with van der Waals surface area (Å²) in [5.41, 5.74) is 4.08. The van der Waals surface area contributed by atoms with Gasteiger partial charge in [0.15, 0.2) is 0 Å². The molecule has 1 unspecified atom stereocenters. The van der Waals surface area contributed by atoms with Gasteiger partial charge in [0, 0.05) is 32.8 Å². The maximum absolute atomic E-state index is 12.3. The van der Waals surface area contributed by atoms with Gasteiger partial charge in [0.05, 0.1) is 11.3 Å². The van der Waals surface area contributed by atoms with E-state index >= 15 is 0 Å². The molecule has 102 valence electrons. The van der Waals surface area contributed by atoms with Gasteiger partial charge in [-0.25, -0.2) is 5.01 Å². The Hall–Kier alpha value is -1.89. The van der Waals surface area contributed by atoms with Crippen molar-refractivity contribution in [1.29, 1.82) is 0 Å². The van der Waals surface area contributed by atoms with Crippen LogP contribution < -0.4 is 10.7 Å². The first-order valence-electron chi connectivity index (χ1n) is 6.40. The maximum atomic E-state index is 12.3. The molecule has 1 aliphatic carbocycles. The Morgan fingerprint density at radius 1 is 1.47 bits per heavy atom. The highest BCUT2D eigenvalue weighted by atomic mass is 16.2. The Labute approximate surface area is 110 Å². The van der Waals surface area contributed by atoms with E-state index in [0.29, 0.717) is 18.0 Å². The SMILES string of the molecule is CN1CC(NC(=O)c2cn(C)nc2C2CC2)C(=O)N1. The van der Waals surface area contributed by atoms with E-state index in [4.69, 9.17) is 0 Å². The zero-order valence-electron chi connectivity index (χ0n) is 11.0. The predicted octanol–water partition coefficient (Wildman–Crippen LogP) is -0.627. The summed E-state index contributed by atoms with van der Waals surface area (Å²) in [6, 6.07) is -0.496. The Morgan fingerprint density at radius 3 is 2.79 bits per heavy atom. The fraction of sp³-hybridized carbons (Fsp3) is 0.583. The van der Waals surface area contributed by atoms with Crippen LogP contribution in [0.3, 0.4) is 0 Å². The normalized spacial score (nSPS) is 23.5. The molecule has 0 radical (unpaired) electrons. The number of nitrogens with one attached hydrogen (secondary N) is 2. The topological polar surface area (TPSA) is 79.3 Å². The van der Waals surface area contributed by atoms with Crippen LogP contribution in [0, 0.1) is 0 Å². The van der Waals surface area contributed by atoms with Gasteiger partial charge in [-0.05, 0) is 12.8 Å². The van der Waals surface area contributed by atoms with Gasteiger partial charge in [0.2, 0.25) is 0 Å². The zero-order chi connectivity index (χ0) is 13.6. The molecule has 3 rings (SSSR count). The quantitative estimate of drug-likeness (QED) is 0.761. The summed E-state index contributed by atoms with van der Waals surface area (Å²) in [5, 5.41) is 8.78. The van der Waals surface area contributed by atoms with Gasteiger partial charge in [-0.2, -0.15) is 5.10 Å². The number of carbonyl (C=O) groups excluding carboxylic acids is 2. The van der Waals surface area contributed by atoms with Crippen LogP contribution in [0.4, 0.5) is 0 Å². The first-order valence-corrected chi connectivity index (χ1v) is 6.40. The van der Waals surface area contributed by atoms with E-state index in [9.17, 15) is 9.59 Å². The molecule has 1 aromatic heterocycles. The molecule has 2 fully saturated rings. The van der Waals surface area contributed by atoms with E-state index in [1.165, 1.54) is 0 Å². The fourth-order valence-electron chi connectivity index (χ4n) is 2.35. The van der Waals surface area contributed by atoms with Gasteiger partial charge in [0.1, 0.15) is 6.04 Å². The maximum Gasteiger partial charge on any atom is 0.258 e. The highest BCUT2D eigenvalue weighted by Gasteiger charge is 2.34. The number of hydrogen-bond donors (Lipinski definition) is 2. The largest absolute Gasteiger partial charge is 0.339 e. The van der Waals surface area contributed by atoms with Crippen LogP contribution >= 0.6 is 0 Å². The molecule has 19 heavy (non-hydrogen) atoms. The summed E-state index contributed by atoms with van der Waals surface area (Å²) < 4.78 is 1.66. The molecule has 0 bridgehead atoms. The average molecular weight is 263 g/mol. The molecule has 7 heteroatoms. The van der Waals surface area contributed by atoms with Crippen LogP contribution in [0.2, 0.25) is 0 Å². The molecule has 1 saturated heterocycles. The average Bonchev–Trinajstić information content (AvgIpc) is 3.04. The van der Waals surface area contributed by atoms with Crippen molar-refractivity contribution < 1.29 is 9.59 Å². The van der Waals surface area contributed by atoms with Gasteiger partial charge in [-0.15, -0.1) is 0 Å². The van der Waals surface area contributed by atoms with Crippen molar-refractivity contribution in [3.63, 3.8) is 0 Å². The molecule has 2 aliphatic rings. The van der Waals surface area contributed by atoms with Gasteiger partial charge in [-0.1, -0.05) is 0 Å². The minimum absolute atomic E-state index is 0.173. The van der Waals surface area contributed by atoms with Crippen molar-refractivity contribution in [2.45, 2.75) is 24.8 Å². The van der Waals surface area contributed by atoms with Crippen LogP contribution in [0.1, 0.15) is 34.8 Å². The molecule has 1 saturated carbocycles. The number of aromatic nitrogens is 2. The Morgan fingerprint density at radius 2 is 2.21 bits per heavy atom. The van der Waals surface area contributed by atoms with E-state index in [1.54, 1.807) is 30.0 Å². The molecular weight excluding hydrogens is 246 g/mol. The molecule has 2 amide bonds. The monoisotopic (exact) mass is 263 g/mol. The minimum Gasteiger partial charge on any atom is -0.339 e. The Balaban J connectivity index is 1.75. The van der Waals surface area contributed by atoms with E-state index in [0.717, 1.165) is 18.5 Å². The number of nitrogens with zero attached hydrogens (tertiary/aromatic N) is 3. The number of hydrazine groups is 1. The minimum atomic E-state index is -0.496. The van der Waals surface area contributed by atoms with Gasteiger partial charge < -0.3 is 5.32 Å². The van der Waals surface area contributed by atoms with Gasteiger partial charge in [0.25, 0.3) is 11.8 Å². The summed E-state index contributed by atoms with van der Waals surface area (Å²) in [6.45, 7) is 0.476. The standard InChI is InChI=1S/C12H17N5O2/c1-16-5-8(10(14-16)7-3-4-7)11(18)13-9-6-17(2)15-12(9)19/h5,7,9H,3-4,6H2,1-2H3,(H,13,18)(H,15,19). The summed E-state index contributed by atoms with van der Waals surface area (Å²) in [4.78, 5) is 23.9. The number of aryl methyl sites for hydroxylation is 1. The lowest BCUT2D eigenvalue weighted by Gasteiger charge is -2.09. The Bertz CT molecular complexity index is 534. The molecule has 1 aromatic rings. The second-order valence-electron chi connectivity index (χ2n) is 5.26. The highest BCUT2D eigenvalue weighted by molar-refractivity contribution is 5.98. The molecule has 1 aliphatic heterocycles. The van der Waals surface area contributed by atoms with E-state index < -0.39 is 6.04 Å². The lowest BCUT2D eigenvalue weighted by atomic mass is 10.1. The lowest BCUT2D eigenvalue weighted by Crippen LogP contribution is -2.41.